The summed E-state index contributed by atoms with van der Waals surface area (Å²) in [7, 11) is 0. The topological polar surface area (TPSA) is 64.1 Å². The van der Waals surface area contributed by atoms with Crippen molar-refractivity contribution in [2.45, 2.75) is 6.92 Å². The molecule has 122 valence electrons. The van der Waals surface area contributed by atoms with E-state index < -0.39 is 0 Å². The fourth-order valence-electron chi connectivity index (χ4n) is 2.18. The van der Waals surface area contributed by atoms with Crippen molar-refractivity contribution in [2.24, 2.45) is 0 Å². The lowest BCUT2D eigenvalue weighted by Gasteiger charge is -2.10. The number of rotatable bonds is 4. The van der Waals surface area contributed by atoms with Gasteiger partial charge in [-0.05, 0) is 37.3 Å². The van der Waals surface area contributed by atoms with Crippen LogP contribution in [0.3, 0.4) is 0 Å². The van der Waals surface area contributed by atoms with Gasteiger partial charge in [0.1, 0.15) is 5.82 Å². The summed E-state index contributed by atoms with van der Waals surface area (Å²) < 4.78 is 5.56. The average molecular weight is 362 g/mol. The fourth-order valence-corrected chi connectivity index (χ4v) is 2.52. The smallest absolute Gasteiger partial charge is 0.262 e. The summed E-state index contributed by atoms with van der Waals surface area (Å²) in [5, 5.41) is 4.29. The quantitative estimate of drug-likeness (QED) is 0.753. The van der Waals surface area contributed by atoms with Crippen molar-refractivity contribution in [3.05, 3.63) is 58.3 Å². The van der Waals surface area contributed by atoms with Crippen LogP contribution in [-0.2, 0) is 4.79 Å². The highest BCUT2D eigenvalue weighted by Gasteiger charge is 2.11. The zero-order chi connectivity index (χ0) is 17.1. The van der Waals surface area contributed by atoms with Crippen LogP contribution in [-0.4, -0.2) is 22.5 Å². The molecule has 0 aliphatic carbocycles. The lowest BCUT2D eigenvalue weighted by Crippen LogP contribution is -2.21. The van der Waals surface area contributed by atoms with E-state index in [1.54, 1.807) is 25.1 Å². The van der Waals surface area contributed by atoms with Crippen molar-refractivity contribution in [3.63, 3.8) is 0 Å². The van der Waals surface area contributed by atoms with Crippen LogP contribution in [0.25, 0.3) is 10.9 Å². The van der Waals surface area contributed by atoms with E-state index in [1.807, 2.05) is 24.3 Å². The first kappa shape index (κ1) is 16.5. The monoisotopic (exact) mass is 361 g/mol. The van der Waals surface area contributed by atoms with Crippen molar-refractivity contribution in [1.29, 1.82) is 0 Å². The Hall–Kier alpha value is -2.37. The van der Waals surface area contributed by atoms with Crippen molar-refractivity contribution < 1.29 is 9.53 Å². The number of hydrogen-bond acceptors (Lipinski definition) is 4. The van der Waals surface area contributed by atoms with E-state index in [-0.39, 0.29) is 12.5 Å². The second-order valence-electron chi connectivity index (χ2n) is 5.05. The number of carbonyl (C=O) groups is 1. The SMILES string of the molecule is Cc1nc(OCC(=O)Nc2cc(Cl)ccc2Cl)c2ccccc2n1. The van der Waals surface area contributed by atoms with E-state index in [0.717, 1.165) is 10.9 Å². The van der Waals surface area contributed by atoms with Crippen LogP contribution in [0.1, 0.15) is 5.82 Å². The molecule has 0 atom stereocenters. The van der Waals surface area contributed by atoms with Gasteiger partial charge in [0.2, 0.25) is 5.88 Å². The van der Waals surface area contributed by atoms with Crippen molar-refractivity contribution in [3.8, 4) is 5.88 Å². The summed E-state index contributed by atoms with van der Waals surface area (Å²) in [6.07, 6.45) is 0. The van der Waals surface area contributed by atoms with Crippen LogP contribution >= 0.6 is 23.2 Å². The Bertz CT molecular complexity index is 915. The van der Waals surface area contributed by atoms with Crippen LogP contribution in [0.4, 0.5) is 5.69 Å². The lowest BCUT2D eigenvalue weighted by molar-refractivity contribution is -0.118. The molecule has 24 heavy (non-hydrogen) atoms. The maximum Gasteiger partial charge on any atom is 0.262 e. The summed E-state index contributed by atoms with van der Waals surface area (Å²) in [5.74, 6) is 0.576. The number of anilines is 1. The molecule has 1 amide bonds. The minimum absolute atomic E-state index is 0.205. The summed E-state index contributed by atoms with van der Waals surface area (Å²) in [6, 6.07) is 12.3. The molecule has 3 rings (SSSR count). The van der Waals surface area contributed by atoms with Gasteiger partial charge in [0.15, 0.2) is 6.61 Å². The molecule has 1 N–H and O–H groups in total. The molecule has 7 heteroatoms. The molecule has 1 aromatic heterocycles. The number of carbonyl (C=O) groups excluding carboxylic acids is 1. The largest absolute Gasteiger partial charge is 0.467 e. The zero-order valence-electron chi connectivity index (χ0n) is 12.7. The number of halogens is 2. The molecule has 0 aliphatic heterocycles. The summed E-state index contributed by atoms with van der Waals surface area (Å²) in [6.45, 7) is 1.56. The van der Waals surface area contributed by atoms with Gasteiger partial charge in [-0.3, -0.25) is 4.79 Å². The van der Waals surface area contributed by atoms with Crippen molar-refractivity contribution in [2.75, 3.05) is 11.9 Å². The standard InChI is InChI=1S/C17H13Cl2N3O2/c1-10-20-14-5-3-2-4-12(14)17(21-10)24-9-16(23)22-15-8-11(18)6-7-13(15)19/h2-8H,9H2,1H3,(H,22,23). The number of para-hydroxylation sites is 1. The number of benzene rings is 2. The Morgan fingerprint density at radius 3 is 2.79 bits per heavy atom. The highest BCUT2D eigenvalue weighted by atomic mass is 35.5. The minimum Gasteiger partial charge on any atom is -0.467 e. The first-order valence-corrected chi connectivity index (χ1v) is 7.89. The van der Waals surface area contributed by atoms with Crippen molar-refractivity contribution >= 4 is 45.7 Å². The van der Waals surface area contributed by atoms with Crippen LogP contribution in [0.15, 0.2) is 42.5 Å². The van der Waals surface area contributed by atoms with Gasteiger partial charge in [0.25, 0.3) is 5.91 Å². The number of fused-ring (bicyclic) bond motifs is 1. The van der Waals surface area contributed by atoms with Crippen molar-refractivity contribution in [1.82, 2.24) is 9.97 Å². The van der Waals surface area contributed by atoms with Crippen LogP contribution in [0.2, 0.25) is 10.0 Å². The second-order valence-corrected chi connectivity index (χ2v) is 5.90. The first-order chi connectivity index (χ1) is 11.5. The van der Waals surface area contributed by atoms with Gasteiger partial charge < -0.3 is 10.1 Å². The highest BCUT2D eigenvalue weighted by Crippen LogP contribution is 2.26. The number of aryl methyl sites for hydroxylation is 1. The lowest BCUT2D eigenvalue weighted by atomic mass is 10.2. The number of ether oxygens (including phenoxy) is 1. The van der Waals surface area contributed by atoms with E-state index in [1.165, 1.54) is 0 Å². The molecule has 0 radical (unpaired) electrons. The zero-order valence-corrected chi connectivity index (χ0v) is 14.2. The van der Waals surface area contributed by atoms with Gasteiger partial charge >= 0.3 is 0 Å². The number of nitrogens with one attached hydrogen (secondary N) is 1. The van der Waals surface area contributed by atoms with Gasteiger partial charge in [-0.25, -0.2) is 4.98 Å². The Kier molecular flexibility index (Phi) is 4.83. The Morgan fingerprint density at radius 1 is 1.17 bits per heavy atom. The number of amides is 1. The molecule has 0 bridgehead atoms. The Labute approximate surface area is 148 Å². The van der Waals surface area contributed by atoms with Gasteiger partial charge in [-0.1, -0.05) is 35.3 Å². The maximum atomic E-state index is 12.1. The Morgan fingerprint density at radius 2 is 1.96 bits per heavy atom. The molecule has 3 aromatic rings. The molecule has 0 unspecified atom stereocenters. The van der Waals surface area contributed by atoms with E-state index in [0.29, 0.717) is 27.4 Å². The van der Waals surface area contributed by atoms with Gasteiger partial charge in [0, 0.05) is 5.02 Å². The van der Waals surface area contributed by atoms with E-state index in [9.17, 15) is 4.79 Å². The summed E-state index contributed by atoms with van der Waals surface area (Å²) in [5.41, 5.74) is 1.19. The number of hydrogen-bond donors (Lipinski definition) is 1. The summed E-state index contributed by atoms with van der Waals surface area (Å²) in [4.78, 5) is 20.7. The van der Waals surface area contributed by atoms with Gasteiger partial charge in [-0.2, -0.15) is 4.98 Å². The number of nitrogens with zero attached hydrogens (tertiary/aromatic N) is 2. The molecule has 5 nitrogen and oxygen atoms in total. The van der Waals surface area contributed by atoms with Crippen LogP contribution in [0, 0.1) is 6.92 Å². The molecule has 2 aromatic carbocycles. The fraction of sp³-hybridized carbons (Fsp3) is 0.118. The molecule has 0 aliphatic rings. The van der Waals surface area contributed by atoms with Gasteiger partial charge in [-0.15, -0.1) is 0 Å². The molecule has 0 spiro atoms. The molecular weight excluding hydrogens is 349 g/mol. The van der Waals surface area contributed by atoms with E-state index in [2.05, 4.69) is 15.3 Å². The Balaban J connectivity index is 1.74. The molecule has 0 saturated carbocycles. The molecule has 0 saturated heterocycles. The molecule has 0 fully saturated rings. The van der Waals surface area contributed by atoms with Gasteiger partial charge in [0.05, 0.1) is 21.6 Å². The van der Waals surface area contributed by atoms with E-state index >= 15 is 0 Å². The molecule has 1 heterocycles. The third-order valence-electron chi connectivity index (χ3n) is 3.22. The average Bonchev–Trinajstić information content (AvgIpc) is 2.56. The first-order valence-electron chi connectivity index (χ1n) is 7.14. The normalized spacial score (nSPS) is 10.6. The predicted octanol–water partition coefficient (Wildman–Crippen LogP) is 4.26. The number of aromatic nitrogens is 2. The van der Waals surface area contributed by atoms with E-state index in [4.69, 9.17) is 27.9 Å². The van der Waals surface area contributed by atoms with Crippen LogP contribution < -0.4 is 10.1 Å². The second kappa shape index (κ2) is 7.03. The maximum absolute atomic E-state index is 12.1. The predicted molar refractivity (Wildman–Crippen MR) is 94.9 cm³/mol. The molecular formula is C17H13Cl2N3O2. The van der Waals surface area contributed by atoms with Crippen LogP contribution in [0.5, 0.6) is 5.88 Å². The third-order valence-corrected chi connectivity index (χ3v) is 3.79. The summed E-state index contributed by atoms with van der Waals surface area (Å²) >= 11 is 11.9. The third kappa shape index (κ3) is 3.75. The highest BCUT2D eigenvalue weighted by molar-refractivity contribution is 6.35. The minimum atomic E-state index is -0.362.